The Morgan fingerprint density at radius 3 is 2.75 bits per heavy atom. The van der Waals surface area contributed by atoms with Gasteiger partial charge in [-0.1, -0.05) is 23.7 Å². The molecule has 0 aliphatic rings. The van der Waals surface area contributed by atoms with Gasteiger partial charge in [-0.25, -0.2) is 9.18 Å². The molecular formula is C15H13ClFNO2. The molecule has 0 unspecified atom stereocenters. The molecule has 0 fully saturated rings. The van der Waals surface area contributed by atoms with Crippen LogP contribution in [0.25, 0.3) is 0 Å². The van der Waals surface area contributed by atoms with Gasteiger partial charge in [-0.15, -0.1) is 0 Å². The van der Waals surface area contributed by atoms with Crippen molar-refractivity contribution in [2.24, 2.45) is 0 Å². The van der Waals surface area contributed by atoms with E-state index in [2.05, 4.69) is 5.32 Å². The molecular weight excluding hydrogens is 281 g/mol. The number of carbonyl (C=O) groups is 1. The molecule has 3 nitrogen and oxygen atoms in total. The highest BCUT2D eigenvalue weighted by Gasteiger charge is 2.10. The molecule has 0 saturated carbocycles. The SMILES string of the molecule is Cc1c(NCc2ccc(Cl)cc2F)cccc1C(=O)O. The van der Waals surface area contributed by atoms with Crippen LogP contribution in [0.15, 0.2) is 36.4 Å². The largest absolute Gasteiger partial charge is 0.478 e. The van der Waals surface area contributed by atoms with Crippen molar-refractivity contribution >= 4 is 23.3 Å². The lowest BCUT2D eigenvalue weighted by atomic mass is 10.1. The van der Waals surface area contributed by atoms with Crippen LogP contribution in [0.1, 0.15) is 21.5 Å². The molecule has 5 heteroatoms. The van der Waals surface area contributed by atoms with Crippen molar-refractivity contribution in [2.45, 2.75) is 13.5 Å². The first-order valence-electron chi connectivity index (χ1n) is 5.99. The van der Waals surface area contributed by atoms with Crippen LogP contribution in [0.3, 0.4) is 0 Å². The number of carboxylic acids is 1. The van der Waals surface area contributed by atoms with Crippen molar-refractivity contribution in [3.05, 3.63) is 63.9 Å². The highest BCUT2D eigenvalue weighted by molar-refractivity contribution is 6.30. The first-order chi connectivity index (χ1) is 9.49. The van der Waals surface area contributed by atoms with Gasteiger partial charge in [0.25, 0.3) is 0 Å². The van der Waals surface area contributed by atoms with E-state index in [0.29, 0.717) is 21.8 Å². The van der Waals surface area contributed by atoms with Crippen LogP contribution in [0.5, 0.6) is 0 Å². The van der Waals surface area contributed by atoms with E-state index in [9.17, 15) is 9.18 Å². The summed E-state index contributed by atoms with van der Waals surface area (Å²) in [7, 11) is 0. The number of aromatic carboxylic acids is 1. The van der Waals surface area contributed by atoms with E-state index in [1.807, 2.05) is 0 Å². The third-order valence-electron chi connectivity index (χ3n) is 3.05. The molecule has 0 bridgehead atoms. The average molecular weight is 294 g/mol. The predicted molar refractivity (Wildman–Crippen MR) is 76.9 cm³/mol. The lowest BCUT2D eigenvalue weighted by molar-refractivity contribution is 0.0696. The summed E-state index contributed by atoms with van der Waals surface area (Å²) in [6.07, 6.45) is 0. The molecule has 0 atom stereocenters. The number of rotatable bonds is 4. The third-order valence-corrected chi connectivity index (χ3v) is 3.28. The summed E-state index contributed by atoms with van der Waals surface area (Å²) in [6, 6.07) is 9.40. The second-order valence-electron chi connectivity index (χ2n) is 4.37. The van der Waals surface area contributed by atoms with E-state index in [-0.39, 0.29) is 12.1 Å². The fraction of sp³-hybridized carbons (Fsp3) is 0.133. The molecule has 0 aromatic heterocycles. The minimum absolute atomic E-state index is 0.228. The van der Waals surface area contributed by atoms with E-state index in [0.717, 1.165) is 0 Å². The molecule has 2 rings (SSSR count). The monoisotopic (exact) mass is 293 g/mol. The van der Waals surface area contributed by atoms with E-state index >= 15 is 0 Å². The number of benzene rings is 2. The van der Waals surface area contributed by atoms with Crippen LogP contribution in [0.4, 0.5) is 10.1 Å². The van der Waals surface area contributed by atoms with Crippen molar-refractivity contribution in [1.29, 1.82) is 0 Å². The van der Waals surface area contributed by atoms with Crippen molar-refractivity contribution in [2.75, 3.05) is 5.32 Å². The normalized spacial score (nSPS) is 10.3. The summed E-state index contributed by atoms with van der Waals surface area (Å²) in [5.41, 5.74) is 1.98. The van der Waals surface area contributed by atoms with Crippen LogP contribution >= 0.6 is 11.6 Å². The van der Waals surface area contributed by atoms with Gasteiger partial charge >= 0.3 is 5.97 Å². The zero-order valence-corrected chi connectivity index (χ0v) is 11.5. The highest BCUT2D eigenvalue weighted by atomic mass is 35.5. The molecule has 0 saturated heterocycles. The van der Waals surface area contributed by atoms with Gasteiger partial charge in [-0.3, -0.25) is 0 Å². The molecule has 104 valence electrons. The second-order valence-corrected chi connectivity index (χ2v) is 4.81. The maximum absolute atomic E-state index is 13.6. The Bertz CT molecular complexity index is 658. The Hall–Kier alpha value is -2.07. The lowest BCUT2D eigenvalue weighted by Gasteiger charge is -2.12. The Balaban J connectivity index is 2.19. The van der Waals surface area contributed by atoms with E-state index < -0.39 is 11.8 Å². The van der Waals surface area contributed by atoms with Gasteiger partial charge in [0.15, 0.2) is 0 Å². The Labute approximate surface area is 121 Å². The van der Waals surface area contributed by atoms with Crippen molar-refractivity contribution in [3.8, 4) is 0 Å². The van der Waals surface area contributed by atoms with Gasteiger partial charge in [0.1, 0.15) is 5.82 Å². The van der Waals surface area contributed by atoms with Crippen molar-refractivity contribution in [3.63, 3.8) is 0 Å². The van der Waals surface area contributed by atoms with Gasteiger partial charge in [-0.05, 0) is 36.8 Å². The molecule has 0 amide bonds. The Morgan fingerprint density at radius 1 is 1.35 bits per heavy atom. The zero-order chi connectivity index (χ0) is 14.7. The Kier molecular flexibility index (Phi) is 4.25. The fourth-order valence-electron chi connectivity index (χ4n) is 1.91. The van der Waals surface area contributed by atoms with E-state index in [1.54, 1.807) is 31.2 Å². The molecule has 2 N–H and O–H groups in total. The van der Waals surface area contributed by atoms with Crippen LogP contribution in [0.2, 0.25) is 5.02 Å². The minimum atomic E-state index is -0.983. The topological polar surface area (TPSA) is 49.3 Å². The predicted octanol–water partition coefficient (Wildman–Crippen LogP) is 4.10. The number of halogens is 2. The molecule has 20 heavy (non-hydrogen) atoms. The quantitative estimate of drug-likeness (QED) is 0.892. The van der Waals surface area contributed by atoms with E-state index in [4.69, 9.17) is 16.7 Å². The summed E-state index contributed by atoms with van der Waals surface area (Å²) < 4.78 is 13.6. The average Bonchev–Trinajstić information content (AvgIpc) is 2.39. The van der Waals surface area contributed by atoms with Gasteiger partial charge in [0, 0.05) is 22.8 Å². The van der Waals surface area contributed by atoms with Crippen molar-refractivity contribution in [1.82, 2.24) is 0 Å². The van der Waals surface area contributed by atoms with Gasteiger partial charge < -0.3 is 10.4 Å². The first-order valence-corrected chi connectivity index (χ1v) is 6.37. The summed E-state index contributed by atoms with van der Waals surface area (Å²) in [5, 5.41) is 12.4. The summed E-state index contributed by atoms with van der Waals surface area (Å²) in [4.78, 5) is 11.0. The molecule has 0 aliphatic heterocycles. The number of nitrogens with one attached hydrogen (secondary N) is 1. The smallest absolute Gasteiger partial charge is 0.336 e. The van der Waals surface area contributed by atoms with Gasteiger partial charge in [0.05, 0.1) is 5.56 Å². The molecule has 0 aliphatic carbocycles. The maximum atomic E-state index is 13.6. The zero-order valence-electron chi connectivity index (χ0n) is 10.8. The number of carboxylic acid groups (broad SMARTS) is 1. The van der Waals surface area contributed by atoms with Crippen LogP contribution in [-0.4, -0.2) is 11.1 Å². The summed E-state index contributed by atoms with van der Waals surface area (Å²) in [5.74, 6) is -1.37. The summed E-state index contributed by atoms with van der Waals surface area (Å²) in [6.45, 7) is 1.97. The number of anilines is 1. The first kappa shape index (κ1) is 14.3. The molecule has 0 radical (unpaired) electrons. The number of hydrogen-bond acceptors (Lipinski definition) is 2. The molecule has 0 spiro atoms. The second kappa shape index (κ2) is 5.92. The van der Waals surface area contributed by atoms with Crippen molar-refractivity contribution < 1.29 is 14.3 Å². The van der Waals surface area contributed by atoms with Gasteiger partial charge in [-0.2, -0.15) is 0 Å². The molecule has 2 aromatic rings. The van der Waals surface area contributed by atoms with Gasteiger partial charge in [0.2, 0.25) is 0 Å². The lowest BCUT2D eigenvalue weighted by Crippen LogP contribution is -2.06. The Morgan fingerprint density at radius 2 is 2.10 bits per heavy atom. The minimum Gasteiger partial charge on any atom is -0.478 e. The highest BCUT2D eigenvalue weighted by Crippen LogP contribution is 2.21. The van der Waals surface area contributed by atoms with Crippen LogP contribution in [0, 0.1) is 12.7 Å². The standard InChI is InChI=1S/C15H13ClFNO2/c1-9-12(15(19)20)3-2-4-14(9)18-8-10-5-6-11(16)7-13(10)17/h2-7,18H,8H2,1H3,(H,19,20). The maximum Gasteiger partial charge on any atom is 0.336 e. The van der Waals surface area contributed by atoms with Crippen LogP contribution < -0.4 is 5.32 Å². The molecule has 2 aromatic carbocycles. The molecule has 0 heterocycles. The van der Waals surface area contributed by atoms with Crippen LogP contribution in [-0.2, 0) is 6.54 Å². The fourth-order valence-corrected chi connectivity index (χ4v) is 2.07. The van der Waals surface area contributed by atoms with E-state index in [1.165, 1.54) is 12.1 Å². The summed E-state index contributed by atoms with van der Waals surface area (Å²) >= 11 is 5.69. The number of hydrogen-bond donors (Lipinski definition) is 2. The third kappa shape index (κ3) is 3.08.